The third kappa shape index (κ3) is 1.98. The van der Waals surface area contributed by atoms with E-state index in [4.69, 9.17) is 4.74 Å². The van der Waals surface area contributed by atoms with E-state index in [2.05, 4.69) is 29.5 Å². The van der Waals surface area contributed by atoms with Crippen molar-refractivity contribution in [3.63, 3.8) is 0 Å². The maximum Gasteiger partial charge on any atom is 0.238 e. The van der Waals surface area contributed by atoms with E-state index >= 15 is 0 Å². The molecule has 0 spiro atoms. The first kappa shape index (κ1) is 11.6. The molecule has 3 nitrogen and oxygen atoms in total. The number of fused-ring (bicyclic) bond motifs is 1. The predicted octanol–water partition coefficient (Wildman–Crippen LogP) is 3.44. The second-order valence-corrected chi connectivity index (χ2v) is 5.35. The highest BCUT2D eigenvalue weighted by molar-refractivity contribution is 5.63. The maximum absolute atomic E-state index is 5.66. The smallest absolute Gasteiger partial charge is 0.238 e. The molecule has 1 fully saturated rings. The van der Waals surface area contributed by atoms with Crippen molar-refractivity contribution in [3.05, 3.63) is 30.1 Å². The minimum Gasteiger partial charge on any atom is -0.470 e. The van der Waals surface area contributed by atoms with Crippen LogP contribution in [0.2, 0.25) is 0 Å². The Morgan fingerprint density at radius 3 is 2.89 bits per heavy atom. The van der Waals surface area contributed by atoms with Gasteiger partial charge in [0.05, 0.1) is 0 Å². The molecule has 1 aliphatic heterocycles. The Kier molecular flexibility index (Phi) is 2.98. The number of aryl methyl sites for hydroxylation is 1. The first-order chi connectivity index (χ1) is 8.75. The Hall–Kier alpha value is -1.51. The number of hydrogen-bond acceptors (Lipinski definition) is 3. The molecule has 0 atom stereocenters. The van der Waals surface area contributed by atoms with Gasteiger partial charge in [-0.15, -0.1) is 0 Å². The highest BCUT2D eigenvalue weighted by atomic mass is 16.5. The fraction of sp³-hybridized carbons (Fsp3) is 0.533. The van der Waals surface area contributed by atoms with Crippen molar-refractivity contribution in [1.29, 1.82) is 0 Å². The first-order valence-corrected chi connectivity index (χ1v) is 6.82. The minimum atomic E-state index is 0.569. The van der Waals surface area contributed by atoms with Crippen LogP contribution in [-0.4, -0.2) is 17.6 Å². The summed E-state index contributed by atoms with van der Waals surface area (Å²) in [6.07, 6.45) is 8.39. The molecule has 0 bridgehead atoms. The topological polar surface area (TPSA) is 25.4 Å². The van der Waals surface area contributed by atoms with Crippen LogP contribution in [0.5, 0.6) is 5.88 Å². The molecule has 96 valence electrons. The number of pyridine rings is 1. The first-order valence-electron chi connectivity index (χ1n) is 6.82. The molecule has 2 aliphatic rings. The van der Waals surface area contributed by atoms with E-state index in [1.807, 2.05) is 6.20 Å². The van der Waals surface area contributed by atoms with E-state index in [-0.39, 0.29) is 0 Å². The number of ether oxygens (including phenoxy) is 1. The third-order valence-electron chi connectivity index (χ3n) is 3.88. The fourth-order valence-electron chi connectivity index (χ4n) is 3.01. The molecule has 2 heterocycles. The molecule has 1 saturated carbocycles. The summed E-state index contributed by atoms with van der Waals surface area (Å²) in [7, 11) is 0. The molecule has 0 unspecified atom stereocenters. The van der Waals surface area contributed by atoms with Crippen molar-refractivity contribution < 1.29 is 4.74 Å². The van der Waals surface area contributed by atoms with E-state index in [0.29, 0.717) is 12.6 Å². The Morgan fingerprint density at radius 2 is 2.11 bits per heavy atom. The summed E-state index contributed by atoms with van der Waals surface area (Å²) < 4.78 is 5.66. The molecule has 0 N–H and O–H groups in total. The number of aromatic nitrogens is 1. The third-order valence-corrected chi connectivity index (χ3v) is 3.88. The lowest BCUT2D eigenvalue weighted by molar-refractivity contribution is 0.307. The molecular weight excluding hydrogens is 224 g/mol. The molecule has 3 heteroatoms. The van der Waals surface area contributed by atoms with E-state index in [1.165, 1.54) is 37.7 Å². The molecule has 3 rings (SSSR count). The number of hydrogen-bond donors (Lipinski definition) is 0. The van der Waals surface area contributed by atoms with Crippen molar-refractivity contribution >= 4 is 5.69 Å². The Balaban J connectivity index is 1.97. The number of anilines is 1. The standard InChI is InChI=1S/C15H20N2O/c1-11-8-14-15(16-9-11)18-10-12(2)17(14)13-6-4-3-5-7-13/h8-9,13H,2-7,10H2,1H3. The maximum atomic E-state index is 5.66. The molecule has 1 aliphatic carbocycles. The van der Waals surface area contributed by atoms with Gasteiger partial charge in [0.2, 0.25) is 5.88 Å². The van der Waals surface area contributed by atoms with Crippen LogP contribution in [0.15, 0.2) is 24.5 Å². The number of nitrogens with zero attached hydrogens (tertiary/aromatic N) is 2. The summed E-state index contributed by atoms with van der Waals surface area (Å²) in [5, 5.41) is 0. The molecule has 1 aromatic rings. The van der Waals surface area contributed by atoms with E-state index in [0.717, 1.165) is 17.3 Å². The average molecular weight is 244 g/mol. The summed E-state index contributed by atoms with van der Waals surface area (Å²) in [5.41, 5.74) is 3.35. The van der Waals surface area contributed by atoms with Gasteiger partial charge in [-0.05, 0) is 31.4 Å². The molecular formula is C15H20N2O. The van der Waals surface area contributed by atoms with Gasteiger partial charge in [0.25, 0.3) is 0 Å². The Bertz CT molecular complexity index is 464. The van der Waals surface area contributed by atoms with Crippen molar-refractivity contribution in [3.8, 4) is 5.88 Å². The molecule has 1 aromatic heterocycles. The van der Waals surface area contributed by atoms with Crippen molar-refractivity contribution in [2.24, 2.45) is 0 Å². The zero-order chi connectivity index (χ0) is 12.5. The van der Waals surface area contributed by atoms with E-state index < -0.39 is 0 Å². The van der Waals surface area contributed by atoms with Gasteiger partial charge in [-0.3, -0.25) is 0 Å². The SMILES string of the molecule is C=C1COc2ncc(C)cc2N1C1CCCCC1. The van der Waals surface area contributed by atoms with Gasteiger partial charge in [-0.1, -0.05) is 25.8 Å². The van der Waals surface area contributed by atoms with Crippen molar-refractivity contribution in [1.82, 2.24) is 4.98 Å². The summed E-state index contributed by atoms with van der Waals surface area (Å²) in [5.74, 6) is 0.763. The Morgan fingerprint density at radius 1 is 1.33 bits per heavy atom. The van der Waals surface area contributed by atoms with Crippen molar-refractivity contribution in [2.45, 2.75) is 45.1 Å². The summed E-state index contributed by atoms with van der Waals surface area (Å²) >= 11 is 0. The van der Waals surface area contributed by atoms with Gasteiger partial charge in [0.15, 0.2) is 0 Å². The molecule has 18 heavy (non-hydrogen) atoms. The zero-order valence-corrected chi connectivity index (χ0v) is 11.0. The van der Waals surface area contributed by atoms with Crippen LogP contribution in [0.25, 0.3) is 0 Å². The minimum absolute atomic E-state index is 0.569. The molecule has 0 saturated heterocycles. The van der Waals surface area contributed by atoms with Gasteiger partial charge in [0.1, 0.15) is 12.3 Å². The predicted molar refractivity (Wildman–Crippen MR) is 73.0 cm³/mol. The van der Waals surface area contributed by atoms with Crippen LogP contribution in [0.3, 0.4) is 0 Å². The van der Waals surface area contributed by atoms with E-state index in [9.17, 15) is 0 Å². The summed E-state index contributed by atoms with van der Waals surface area (Å²) in [4.78, 5) is 6.77. The normalized spacial score (nSPS) is 20.5. The molecule has 0 amide bonds. The lowest BCUT2D eigenvalue weighted by atomic mass is 9.93. The zero-order valence-electron chi connectivity index (χ0n) is 11.0. The van der Waals surface area contributed by atoms with Gasteiger partial charge < -0.3 is 9.64 Å². The quantitative estimate of drug-likeness (QED) is 0.756. The van der Waals surface area contributed by atoms with E-state index in [1.54, 1.807) is 0 Å². The van der Waals surface area contributed by atoms with Crippen molar-refractivity contribution in [2.75, 3.05) is 11.5 Å². The van der Waals surface area contributed by atoms with Crippen LogP contribution in [0, 0.1) is 6.92 Å². The van der Waals surface area contributed by atoms with Gasteiger partial charge in [-0.2, -0.15) is 0 Å². The lowest BCUT2D eigenvalue weighted by Crippen LogP contribution is -2.40. The van der Waals surface area contributed by atoms with Gasteiger partial charge >= 0.3 is 0 Å². The van der Waals surface area contributed by atoms with Crippen LogP contribution in [0.4, 0.5) is 5.69 Å². The summed E-state index contributed by atoms with van der Waals surface area (Å²) in [6, 6.07) is 2.75. The molecule has 0 radical (unpaired) electrons. The second-order valence-electron chi connectivity index (χ2n) is 5.35. The fourth-order valence-corrected chi connectivity index (χ4v) is 3.01. The second kappa shape index (κ2) is 4.63. The molecule has 0 aromatic carbocycles. The highest BCUT2D eigenvalue weighted by Crippen LogP contribution is 2.38. The Labute approximate surface area is 108 Å². The average Bonchev–Trinajstić information content (AvgIpc) is 2.39. The van der Waals surface area contributed by atoms with Crippen LogP contribution >= 0.6 is 0 Å². The summed E-state index contributed by atoms with van der Waals surface area (Å²) in [6.45, 7) is 6.81. The highest BCUT2D eigenvalue weighted by Gasteiger charge is 2.29. The van der Waals surface area contributed by atoms with Gasteiger partial charge in [0, 0.05) is 17.9 Å². The monoisotopic (exact) mass is 244 g/mol. The van der Waals surface area contributed by atoms with Crippen LogP contribution in [0.1, 0.15) is 37.7 Å². The van der Waals surface area contributed by atoms with Crippen LogP contribution in [-0.2, 0) is 0 Å². The lowest BCUT2D eigenvalue weighted by Gasteiger charge is -2.40. The largest absolute Gasteiger partial charge is 0.470 e. The number of rotatable bonds is 1. The van der Waals surface area contributed by atoms with Gasteiger partial charge in [-0.25, -0.2) is 4.98 Å². The van der Waals surface area contributed by atoms with Crippen LogP contribution < -0.4 is 9.64 Å².